The van der Waals surface area contributed by atoms with E-state index in [0.717, 1.165) is 24.8 Å². The number of rotatable bonds is 6. The van der Waals surface area contributed by atoms with Crippen LogP contribution in [0.25, 0.3) is 0 Å². The summed E-state index contributed by atoms with van der Waals surface area (Å²) < 4.78 is 0. The van der Waals surface area contributed by atoms with Gasteiger partial charge in [-0.2, -0.15) is 0 Å². The van der Waals surface area contributed by atoms with Gasteiger partial charge in [-0.1, -0.05) is 44.8 Å². The Morgan fingerprint density at radius 2 is 1.92 bits per heavy atom. The fourth-order valence-corrected chi connectivity index (χ4v) is 4.41. The number of aliphatic carboxylic acids is 1. The molecule has 0 heterocycles. The standard InChI is InChI=1S/C20H34N2O3/c1-13(2)18-10-15(11-19(23)24)14(3)9-16(18)12-21-20(25)22-17-7-5-4-6-8-17/h9,13,15-18H,4-8,10-12H2,1-3H3,(H,23,24)(H2,21,22,25). The largest absolute Gasteiger partial charge is 0.481 e. The van der Waals surface area contributed by atoms with Crippen LogP contribution in [-0.2, 0) is 4.79 Å². The number of carbonyl (C=O) groups is 2. The summed E-state index contributed by atoms with van der Waals surface area (Å²) >= 11 is 0. The van der Waals surface area contributed by atoms with Crippen LogP contribution in [0.2, 0.25) is 0 Å². The minimum absolute atomic E-state index is 0.0619. The van der Waals surface area contributed by atoms with Gasteiger partial charge in [0.25, 0.3) is 0 Å². The van der Waals surface area contributed by atoms with Crippen LogP contribution in [0.15, 0.2) is 11.6 Å². The van der Waals surface area contributed by atoms with Gasteiger partial charge in [-0.15, -0.1) is 0 Å². The lowest BCUT2D eigenvalue weighted by Gasteiger charge is -2.37. The van der Waals surface area contributed by atoms with Crippen LogP contribution in [0.3, 0.4) is 0 Å². The third-order valence-corrected chi connectivity index (χ3v) is 5.94. The predicted octanol–water partition coefficient (Wildman–Crippen LogP) is 3.95. The van der Waals surface area contributed by atoms with Crippen LogP contribution >= 0.6 is 0 Å². The van der Waals surface area contributed by atoms with Crippen LogP contribution in [0.5, 0.6) is 0 Å². The smallest absolute Gasteiger partial charge is 0.315 e. The summed E-state index contributed by atoms with van der Waals surface area (Å²) in [4.78, 5) is 23.3. The third kappa shape index (κ3) is 6.05. The highest BCUT2D eigenvalue weighted by molar-refractivity contribution is 5.74. The maximum absolute atomic E-state index is 12.2. The van der Waals surface area contributed by atoms with E-state index in [1.165, 1.54) is 19.3 Å². The Balaban J connectivity index is 1.90. The molecule has 142 valence electrons. The monoisotopic (exact) mass is 350 g/mol. The summed E-state index contributed by atoms with van der Waals surface area (Å²) in [7, 11) is 0. The van der Waals surface area contributed by atoms with Crippen LogP contribution in [0, 0.1) is 23.7 Å². The zero-order chi connectivity index (χ0) is 18.4. The Morgan fingerprint density at radius 3 is 2.52 bits per heavy atom. The van der Waals surface area contributed by atoms with Crippen molar-refractivity contribution in [2.75, 3.05) is 6.54 Å². The molecule has 0 bridgehead atoms. The summed E-state index contributed by atoms with van der Waals surface area (Å²) in [5.74, 6) is 0.542. The third-order valence-electron chi connectivity index (χ3n) is 5.94. The minimum atomic E-state index is -0.733. The van der Waals surface area contributed by atoms with E-state index in [-0.39, 0.29) is 24.3 Å². The number of hydrogen-bond donors (Lipinski definition) is 3. The summed E-state index contributed by atoms with van der Waals surface area (Å²) in [6, 6.07) is 0.256. The molecule has 0 aromatic heterocycles. The van der Waals surface area contributed by atoms with Gasteiger partial charge in [-0.3, -0.25) is 4.79 Å². The van der Waals surface area contributed by atoms with E-state index >= 15 is 0 Å². The maximum atomic E-state index is 12.2. The fraction of sp³-hybridized carbons (Fsp3) is 0.800. The zero-order valence-electron chi connectivity index (χ0n) is 15.9. The number of hydrogen-bond acceptors (Lipinski definition) is 2. The second-order valence-corrected chi connectivity index (χ2v) is 8.20. The van der Waals surface area contributed by atoms with Crippen molar-refractivity contribution in [2.45, 2.75) is 71.8 Å². The van der Waals surface area contributed by atoms with Crippen molar-refractivity contribution in [1.82, 2.24) is 10.6 Å². The normalized spacial score (nSPS) is 27.7. The van der Waals surface area contributed by atoms with Crippen LogP contribution in [-0.4, -0.2) is 29.7 Å². The quantitative estimate of drug-likeness (QED) is 0.635. The van der Waals surface area contributed by atoms with E-state index in [1.54, 1.807) is 0 Å². The van der Waals surface area contributed by atoms with Crippen molar-refractivity contribution in [3.8, 4) is 0 Å². The fourth-order valence-electron chi connectivity index (χ4n) is 4.41. The van der Waals surface area contributed by atoms with Gasteiger partial charge < -0.3 is 15.7 Å². The van der Waals surface area contributed by atoms with Crippen molar-refractivity contribution >= 4 is 12.0 Å². The number of nitrogens with one attached hydrogen (secondary N) is 2. The molecule has 0 aromatic rings. The average Bonchev–Trinajstić information content (AvgIpc) is 2.55. The van der Waals surface area contributed by atoms with E-state index in [2.05, 4.69) is 30.6 Å². The molecule has 25 heavy (non-hydrogen) atoms. The molecule has 2 amide bonds. The molecule has 3 N–H and O–H groups in total. The number of carboxylic acids is 1. The van der Waals surface area contributed by atoms with Crippen molar-refractivity contribution in [1.29, 1.82) is 0 Å². The van der Waals surface area contributed by atoms with Gasteiger partial charge in [0.1, 0.15) is 0 Å². The SMILES string of the molecule is CC1=CC(CNC(=O)NC2CCCCC2)C(C(C)C)CC1CC(=O)O. The molecule has 0 aliphatic heterocycles. The first-order valence-electron chi connectivity index (χ1n) is 9.81. The van der Waals surface area contributed by atoms with E-state index in [9.17, 15) is 9.59 Å². The molecule has 2 aliphatic carbocycles. The highest BCUT2D eigenvalue weighted by Gasteiger charge is 2.32. The number of carbonyl (C=O) groups excluding carboxylic acids is 1. The molecule has 2 rings (SSSR count). The van der Waals surface area contributed by atoms with Gasteiger partial charge in [0.2, 0.25) is 0 Å². The van der Waals surface area contributed by atoms with E-state index in [1.807, 2.05) is 6.92 Å². The first-order valence-corrected chi connectivity index (χ1v) is 9.81. The topological polar surface area (TPSA) is 78.4 Å². The van der Waals surface area contributed by atoms with Crippen molar-refractivity contribution in [2.24, 2.45) is 23.7 Å². The van der Waals surface area contributed by atoms with Crippen LogP contribution in [0.1, 0.15) is 65.7 Å². The van der Waals surface area contributed by atoms with Gasteiger partial charge in [0.05, 0.1) is 6.42 Å². The first kappa shape index (κ1) is 19.8. The van der Waals surface area contributed by atoms with Crippen molar-refractivity contribution in [3.05, 3.63) is 11.6 Å². The Kier molecular flexibility index (Phi) is 7.33. The molecule has 5 heteroatoms. The molecule has 2 aliphatic rings. The summed E-state index contributed by atoms with van der Waals surface area (Å²) in [5.41, 5.74) is 1.15. The summed E-state index contributed by atoms with van der Waals surface area (Å²) in [6.07, 6.45) is 9.15. The number of carboxylic acid groups (broad SMARTS) is 1. The Hall–Kier alpha value is -1.52. The van der Waals surface area contributed by atoms with Gasteiger partial charge in [0, 0.05) is 12.6 Å². The van der Waals surface area contributed by atoms with Crippen LogP contribution in [0.4, 0.5) is 4.79 Å². The molecule has 0 aromatic carbocycles. The lowest BCUT2D eigenvalue weighted by atomic mass is 9.70. The molecule has 1 saturated carbocycles. The van der Waals surface area contributed by atoms with Gasteiger partial charge in [0.15, 0.2) is 0 Å². The molecule has 0 radical (unpaired) electrons. The van der Waals surface area contributed by atoms with E-state index in [0.29, 0.717) is 24.4 Å². The minimum Gasteiger partial charge on any atom is -0.481 e. The molecule has 5 nitrogen and oxygen atoms in total. The number of amides is 2. The lowest BCUT2D eigenvalue weighted by molar-refractivity contribution is -0.138. The maximum Gasteiger partial charge on any atom is 0.315 e. The predicted molar refractivity (Wildman–Crippen MR) is 99.3 cm³/mol. The Morgan fingerprint density at radius 1 is 1.24 bits per heavy atom. The first-order chi connectivity index (χ1) is 11.9. The number of urea groups is 1. The van der Waals surface area contributed by atoms with Crippen molar-refractivity contribution < 1.29 is 14.7 Å². The van der Waals surface area contributed by atoms with Gasteiger partial charge >= 0.3 is 12.0 Å². The van der Waals surface area contributed by atoms with Crippen molar-refractivity contribution in [3.63, 3.8) is 0 Å². The van der Waals surface area contributed by atoms with Gasteiger partial charge in [-0.25, -0.2) is 4.79 Å². The molecule has 1 fully saturated rings. The summed E-state index contributed by atoms with van der Waals surface area (Å²) in [5, 5.41) is 15.3. The van der Waals surface area contributed by atoms with E-state index < -0.39 is 5.97 Å². The lowest BCUT2D eigenvalue weighted by Crippen LogP contribution is -2.45. The average molecular weight is 351 g/mol. The summed E-state index contributed by atoms with van der Waals surface area (Å²) in [6.45, 7) is 7.02. The molecule has 0 spiro atoms. The second kappa shape index (κ2) is 9.25. The van der Waals surface area contributed by atoms with Crippen LogP contribution < -0.4 is 10.6 Å². The Labute approximate surface area is 151 Å². The Bertz CT molecular complexity index is 495. The van der Waals surface area contributed by atoms with E-state index in [4.69, 9.17) is 5.11 Å². The second-order valence-electron chi connectivity index (χ2n) is 8.20. The molecule has 3 unspecified atom stereocenters. The zero-order valence-corrected chi connectivity index (χ0v) is 15.9. The number of allylic oxidation sites excluding steroid dienone is 1. The molecule has 3 atom stereocenters. The highest BCUT2D eigenvalue weighted by Crippen LogP contribution is 2.38. The molecular formula is C20H34N2O3. The highest BCUT2D eigenvalue weighted by atomic mass is 16.4. The molecule has 0 saturated heterocycles. The van der Waals surface area contributed by atoms with Gasteiger partial charge in [-0.05, 0) is 49.9 Å². The molecular weight excluding hydrogens is 316 g/mol.